The summed E-state index contributed by atoms with van der Waals surface area (Å²) in [5.74, 6) is 2.02. The van der Waals surface area contributed by atoms with Gasteiger partial charge in [0, 0.05) is 10.5 Å². The summed E-state index contributed by atoms with van der Waals surface area (Å²) in [5, 5.41) is 9.95. The van der Waals surface area contributed by atoms with Gasteiger partial charge >= 0.3 is 5.97 Å². The normalized spacial score (nSPS) is 10.8. The summed E-state index contributed by atoms with van der Waals surface area (Å²) in [6, 6.07) is 9.30. The summed E-state index contributed by atoms with van der Waals surface area (Å²) < 4.78 is 10.7. The molecule has 0 spiro atoms. The summed E-state index contributed by atoms with van der Waals surface area (Å²) in [6.45, 7) is 8.02. The van der Waals surface area contributed by atoms with Gasteiger partial charge in [-0.15, -0.1) is 11.8 Å². The Morgan fingerprint density at radius 1 is 1.16 bits per heavy atom. The fourth-order valence-corrected chi connectivity index (χ4v) is 3.46. The second kappa shape index (κ2) is 8.30. The standard InChI is InChI=1S/C20H24O4S/c1-12(2)17-10-15(6-7-18(17)21)24-20-13(3)8-16(9-14(20)4)25-11-19(22)23-5/h6-10,12,21H,11H2,1-5H3. The van der Waals surface area contributed by atoms with E-state index in [2.05, 4.69) is 4.74 Å². The van der Waals surface area contributed by atoms with Crippen molar-refractivity contribution in [2.24, 2.45) is 0 Å². The first-order valence-electron chi connectivity index (χ1n) is 8.13. The zero-order valence-corrected chi connectivity index (χ0v) is 16.1. The zero-order valence-electron chi connectivity index (χ0n) is 15.3. The lowest BCUT2D eigenvalue weighted by Gasteiger charge is -2.15. The second-order valence-corrected chi connectivity index (χ2v) is 7.28. The Morgan fingerprint density at radius 2 is 1.80 bits per heavy atom. The molecule has 0 bridgehead atoms. The maximum atomic E-state index is 11.3. The molecule has 0 saturated heterocycles. The number of carbonyl (C=O) groups excluding carboxylic acids is 1. The van der Waals surface area contributed by atoms with Crippen LogP contribution < -0.4 is 4.74 Å². The van der Waals surface area contributed by atoms with E-state index >= 15 is 0 Å². The highest BCUT2D eigenvalue weighted by Gasteiger charge is 2.12. The van der Waals surface area contributed by atoms with E-state index in [0.717, 1.165) is 27.3 Å². The van der Waals surface area contributed by atoms with Crippen molar-refractivity contribution in [1.29, 1.82) is 0 Å². The van der Waals surface area contributed by atoms with Crippen LogP contribution >= 0.6 is 11.8 Å². The number of carbonyl (C=O) groups is 1. The highest BCUT2D eigenvalue weighted by molar-refractivity contribution is 8.00. The number of hydrogen-bond acceptors (Lipinski definition) is 5. The predicted molar refractivity (Wildman–Crippen MR) is 101 cm³/mol. The van der Waals surface area contributed by atoms with Gasteiger partial charge in [-0.2, -0.15) is 0 Å². The first-order valence-corrected chi connectivity index (χ1v) is 9.12. The molecule has 134 valence electrons. The highest BCUT2D eigenvalue weighted by atomic mass is 32.2. The third kappa shape index (κ3) is 4.92. The molecule has 0 heterocycles. The minimum Gasteiger partial charge on any atom is -0.508 e. The molecule has 0 saturated carbocycles. The molecule has 0 unspecified atom stereocenters. The van der Waals surface area contributed by atoms with Gasteiger partial charge in [0.2, 0.25) is 0 Å². The summed E-state index contributed by atoms with van der Waals surface area (Å²) in [7, 11) is 1.39. The molecule has 0 aliphatic carbocycles. The van der Waals surface area contributed by atoms with Crippen LogP contribution in [0.15, 0.2) is 35.2 Å². The lowest BCUT2D eigenvalue weighted by molar-refractivity contribution is -0.137. The van der Waals surface area contributed by atoms with Gasteiger partial charge < -0.3 is 14.6 Å². The number of methoxy groups -OCH3 is 1. The van der Waals surface area contributed by atoms with E-state index in [0.29, 0.717) is 5.75 Å². The van der Waals surface area contributed by atoms with Crippen molar-refractivity contribution in [1.82, 2.24) is 0 Å². The maximum absolute atomic E-state index is 11.3. The number of ether oxygens (including phenoxy) is 2. The van der Waals surface area contributed by atoms with Crippen molar-refractivity contribution in [2.45, 2.75) is 38.5 Å². The number of phenols is 1. The molecular formula is C20H24O4S. The third-order valence-electron chi connectivity index (χ3n) is 3.86. The molecule has 2 aromatic rings. The smallest absolute Gasteiger partial charge is 0.315 e. The largest absolute Gasteiger partial charge is 0.508 e. The van der Waals surface area contributed by atoms with Crippen LogP contribution in [0.1, 0.15) is 36.5 Å². The first kappa shape index (κ1) is 19.2. The number of benzene rings is 2. The molecule has 5 heteroatoms. The Bertz CT molecular complexity index is 745. The molecule has 4 nitrogen and oxygen atoms in total. The monoisotopic (exact) mass is 360 g/mol. The Morgan fingerprint density at radius 3 is 2.36 bits per heavy atom. The Balaban J connectivity index is 2.23. The molecule has 25 heavy (non-hydrogen) atoms. The molecule has 1 N–H and O–H groups in total. The molecule has 2 aromatic carbocycles. The van der Waals surface area contributed by atoms with E-state index in [4.69, 9.17) is 4.74 Å². The number of phenolic OH excluding ortho intramolecular Hbond substituents is 1. The Kier molecular flexibility index (Phi) is 6.37. The Hall–Kier alpha value is -2.14. The van der Waals surface area contributed by atoms with E-state index in [9.17, 15) is 9.90 Å². The first-order chi connectivity index (χ1) is 11.8. The van der Waals surface area contributed by atoms with E-state index in [1.165, 1.54) is 18.9 Å². The SMILES string of the molecule is COC(=O)CSc1cc(C)c(Oc2ccc(O)c(C(C)C)c2)c(C)c1. The maximum Gasteiger partial charge on any atom is 0.315 e. The van der Waals surface area contributed by atoms with Crippen molar-refractivity contribution < 1.29 is 19.4 Å². The quantitative estimate of drug-likeness (QED) is 0.567. The lowest BCUT2D eigenvalue weighted by Crippen LogP contribution is -2.03. The number of rotatable bonds is 6. The van der Waals surface area contributed by atoms with Gasteiger partial charge in [0.25, 0.3) is 0 Å². The molecular weight excluding hydrogens is 336 g/mol. The molecule has 2 rings (SSSR count). The fraction of sp³-hybridized carbons (Fsp3) is 0.350. The van der Waals surface area contributed by atoms with E-state index in [1.807, 2.05) is 45.9 Å². The van der Waals surface area contributed by atoms with Crippen LogP contribution in [0.3, 0.4) is 0 Å². The fourth-order valence-electron chi connectivity index (χ4n) is 2.53. The predicted octanol–water partition coefficient (Wildman–Crippen LogP) is 5.19. The van der Waals surface area contributed by atoms with Crippen molar-refractivity contribution in [3.05, 3.63) is 47.0 Å². The van der Waals surface area contributed by atoms with Crippen LogP contribution in [0.4, 0.5) is 0 Å². The molecule has 0 amide bonds. The average Bonchev–Trinajstić information content (AvgIpc) is 2.57. The summed E-state index contributed by atoms with van der Waals surface area (Å²) >= 11 is 1.44. The van der Waals surface area contributed by atoms with Crippen LogP contribution in [0.5, 0.6) is 17.2 Å². The topological polar surface area (TPSA) is 55.8 Å². The van der Waals surface area contributed by atoms with E-state index < -0.39 is 0 Å². The molecule has 0 aliphatic rings. The molecule has 0 aliphatic heterocycles. The van der Waals surface area contributed by atoms with Crippen LogP contribution in [0.25, 0.3) is 0 Å². The van der Waals surface area contributed by atoms with Gasteiger partial charge in [0.05, 0.1) is 12.9 Å². The van der Waals surface area contributed by atoms with Crippen LogP contribution in [0.2, 0.25) is 0 Å². The molecule has 0 radical (unpaired) electrons. The van der Waals surface area contributed by atoms with E-state index in [-0.39, 0.29) is 23.4 Å². The van der Waals surface area contributed by atoms with Gasteiger partial charge in [-0.3, -0.25) is 4.79 Å². The van der Waals surface area contributed by atoms with Crippen molar-refractivity contribution in [3.8, 4) is 17.2 Å². The number of aryl methyl sites for hydroxylation is 2. The highest BCUT2D eigenvalue weighted by Crippen LogP contribution is 2.35. The number of esters is 1. The third-order valence-corrected chi connectivity index (χ3v) is 4.81. The van der Waals surface area contributed by atoms with Crippen molar-refractivity contribution in [3.63, 3.8) is 0 Å². The summed E-state index contributed by atoms with van der Waals surface area (Å²) in [4.78, 5) is 12.3. The summed E-state index contributed by atoms with van der Waals surface area (Å²) in [5.41, 5.74) is 2.84. The van der Waals surface area contributed by atoms with Gasteiger partial charge in [0.1, 0.15) is 17.2 Å². The molecule has 0 atom stereocenters. The average molecular weight is 360 g/mol. The van der Waals surface area contributed by atoms with Crippen LogP contribution in [-0.4, -0.2) is 23.9 Å². The summed E-state index contributed by atoms with van der Waals surface area (Å²) in [6.07, 6.45) is 0. The van der Waals surface area contributed by atoms with Gasteiger partial charge in [0.15, 0.2) is 0 Å². The Labute approximate surface area is 153 Å². The molecule has 0 fully saturated rings. The van der Waals surface area contributed by atoms with Crippen molar-refractivity contribution >= 4 is 17.7 Å². The van der Waals surface area contributed by atoms with Crippen LogP contribution in [-0.2, 0) is 9.53 Å². The number of thioether (sulfide) groups is 1. The zero-order chi connectivity index (χ0) is 18.6. The van der Waals surface area contributed by atoms with Gasteiger partial charge in [-0.1, -0.05) is 13.8 Å². The van der Waals surface area contributed by atoms with E-state index in [1.54, 1.807) is 12.1 Å². The van der Waals surface area contributed by atoms with Crippen molar-refractivity contribution in [2.75, 3.05) is 12.9 Å². The van der Waals surface area contributed by atoms with Gasteiger partial charge in [-0.25, -0.2) is 0 Å². The minimum absolute atomic E-state index is 0.211. The second-order valence-electron chi connectivity index (χ2n) is 6.23. The minimum atomic E-state index is -0.244. The van der Waals surface area contributed by atoms with Crippen LogP contribution in [0, 0.1) is 13.8 Å². The number of hydrogen-bond donors (Lipinski definition) is 1. The molecule has 0 aromatic heterocycles. The van der Waals surface area contributed by atoms with Gasteiger partial charge in [-0.05, 0) is 61.2 Å². The lowest BCUT2D eigenvalue weighted by atomic mass is 10.0. The number of aromatic hydroxyl groups is 1.